The molecule has 2 aromatic rings. The van der Waals surface area contributed by atoms with Gasteiger partial charge in [0.15, 0.2) is 0 Å². The highest BCUT2D eigenvalue weighted by Crippen LogP contribution is 2.31. The summed E-state index contributed by atoms with van der Waals surface area (Å²) in [5.41, 5.74) is -0.630. The lowest BCUT2D eigenvalue weighted by Gasteiger charge is -2.22. The van der Waals surface area contributed by atoms with Gasteiger partial charge >= 0.3 is 0 Å². The van der Waals surface area contributed by atoms with Crippen molar-refractivity contribution in [1.29, 1.82) is 0 Å². The smallest absolute Gasteiger partial charge is 0.127 e. The molecule has 3 nitrogen and oxygen atoms in total. The summed E-state index contributed by atoms with van der Waals surface area (Å²) < 4.78 is 5.83. The second-order valence-electron chi connectivity index (χ2n) is 5.07. The van der Waals surface area contributed by atoms with Crippen LogP contribution in [-0.2, 0) is 0 Å². The van der Waals surface area contributed by atoms with Gasteiger partial charge in [0, 0.05) is 23.2 Å². The Bertz CT molecular complexity index is 542. The highest BCUT2D eigenvalue weighted by Gasteiger charge is 2.31. The number of hydrogen-bond acceptors (Lipinski definition) is 3. The second kappa shape index (κ2) is 4.58. The van der Waals surface area contributed by atoms with Gasteiger partial charge < -0.3 is 9.84 Å². The van der Waals surface area contributed by atoms with Gasteiger partial charge in [-0.05, 0) is 25.0 Å². The van der Waals surface area contributed by atoms with Gasteiger partial charge in [-0.3, -0.25) is 4.98 Å². The van der Waals surface area contributed by atoms with Gasteiger partial charge in [-0.2, -0.15) is 0 Å². The van der Waals surface area contributed by atoms with Crippen molar-refractivity contribution in [3.63, 3.8) is 0 Å². The van der Waals surface area contributed by atoms with Crippen molar-refractivity contribution in [2.24, 2.45) is 0 Å². The van der Waals surface area contributed by atoms with Crippen LogP contribution in [0.5, 0.6) is 5.75 Å². The summed E-state index contributed by atoms with van der Waals surface area (Å²) in [5.74, 6) is 0.829. The van der Waals surface area contributed by atoms with Crippen LogP contribution in [0.4, 0.5) is 0 Å². The highest BCUT2D eigenvalue weighted by atomic mass is 16.5. The molecular weight excluding hydrogens is 226 g/mol. The molecule has 0 unspecified atom stereocenters. The fraction of sp³-hybridized carbons (Fsp3) is 0.400. The summed E-state index contributed by atoms with van der Waals surface area (Å²) in [6.45, 7) is 0.383. The summed E-state index contributed by atoms with van der Waals surface area (Å²) >= 11 is 0. The quantitative estimate of drug-likeness (QED) is 0.901. The summed E-state index contributed by atoms with van der Waals surface area (Å²) in [7, 11) is 0. The van der Waals surface area contributed by atoms with Crippen LogP contribution >= 0.6 is 0 Å². The topological polar surface area (TPSA) is 42.4 Å². The van der Waals surface area contributed by atoms with Crippen LogP contribution in [0.25, 0.3) is 10.8 Å². The Morgan fingerprint density at radius 2 is 2.06 bits per heavy atom. The first-order valence-electron chi connectivity index (χ1n) is 6.45. The first-order valence-corrected chi connectivity index (χ1v) is 6.45. The largest absolute Gasteiger partial charge is 0.490 e. The van der Waals surface area contributed by atoms with E-state index in [-0.39, 0.29) is 0 Å². The van der Waals surface area contributed by atoms with Crippen molar-refractivity contribution < 1.29 is 9.84 Å². The predicted molar refractivity (Wildman–Crippen MR) is 70.7 cm³/mol. The Morgan fingerprint density at radius 3 is 2.89 bits per heavy atom. The van der Waals surface area contributed by atoms with Gasteiger partial charge in [-0.25, -0.2) is 0 Å². The molecule has 0 bridgehead atoms. The zero-order valence-corrected chi connectivity index (χ0v) is 10.3. The molecule has 1 aliphatic rings. The van der Waals surface area contributed by atoms with Crippen molar-refractivity contribution in [2.75, 3.05) is 6.61 Å². The molecule has 1 fully saturated rings. The summed E-state index contributed by atoms with van der Waals surface area (Å²) in [4.78, 5) is 4.10. The molecule has 0 radical (unpaired) electrons. The third-order valence-electron chi connectivity index (χ3n) is 3.67. The lowest BCUT2D eigenvalue weighted by Crippen LogP contribution is -2.32. The van der Waals surface area contributed by atoms with Gasteiger partial charge in [0.25, 0.3) is 0 Å². The molecule has 3 rings (SSSR count). The van der Waals surface area contributed by atoms with E-state index in [2.05, 4.69) is 4.98 Å². The molecule has 0 saturated heterocycles. The predicted octanol–water partition coefficient (Wildman–Crippen LogP) is 2.92. The number of aromatic nitrogens is 1. The second-order valence-corrected chi connectivity index (χ2v) is 5.07. The van der Waals surface area contributed by atoms with Gasteiger partial charge in [-0.15, -0.1) is 0 Å². The van der Waals surface area contributed by atoms with Crippen LogP contribution in [0.1, 0.15) is 25.7 Å². The molecule has 94 valence electrons. The molecule has 1 aromatic heterocycles. The molecule has 0 aliphatic heterocycles. The van der Waals surface area contributed by atoms with Gasteiger partial charge in [-0.1, -0.05) is 25.0 Å². The molecule has 1 heterocycles. The highest BCUT2D eigenvalue weighted by molar-refractivity contribution is 5.87. The SMILES string of the molecule is OC1(COc2cccc3cnccc23)CCCC1. The molecule has 1 N–H and O–H groups in total. The zero-order valence-electron chi connectivity index (χ0n) is 10.3. The maximum Gasteiger partial charge on any atom is 0.127 e. The fourth-order valence-corrected chi connectivity index (χ4v) is 2.61. The molecule has 1 aliphatic carbocycles. The van der Waals surface area contributed by atoms with Crippen LogP contribution in [0.2, 0.25) is 0 Å². The van der Waals surface area contributed by atoms with E-state index in [9.17, 15) is 5.11 Å². The van der Waals surface area contributed by atoms with E-state index in [1.807, 2.05) is 30.5 Å². The first kappa shape index (κ1) is 11.5. The first-order chi connectivity index (χ1) is 8.77. The number of pyridine rings is 1. The maximum absolute atomic E-state index is 10.3. The lowest BCUT2D eigenvalue weighted by atomic mass is 10.0. The Labute approximate surface area is 106 Å². The molecular formula is C15H17NO2. The minimum atomic E-state index is -0.630. The van der Waals surface area contributed by atoms with Crippen molar-refractivity contribution >= 4 is 10.8 Å². The number of hydrogen-bond donors (Lipinski definition) is 1. The summed E-state index contributed by atoms with van der Waals surface area (Å²) in [6, 6.07) is 7.86. The minimum absolute atomic E-state index is 0.383. The minimum Gasteiger partial charge on any atom is -0.490 e. The summed E-state index contributed by atoms with van der Waals surface area (Å²) in [5, 5.41) is 12.4. The Morgan fingerprint density at radius 1 is 1.22 bits per heavy atom. The standard InChI is InChI=1S/C15H17NO2/c17-15(7-1-2-8-15)11-18-14-5-3-4-12-10-16-9-6-13(12)14/h3-6,9-10,17H,1-2,7-8,11H2. The van der Waals surface area contributed by atoms with Crippen LogP contribution in [0.3, 0.4) is 0 Å². The average molecular weight is 243 g/mol. The van der Waals surface area contributed by atoms with Crippen LogP contribution in [0.15, 0.2) is 36.7 Å². The van der Waals surface area contributed by atoms with Crippen LogP contribution in [0, 0.1) is 0 Å². The number of benzene rings is 1. The van der Waals surface area contributed by atoms with E-state index in [0.717, 1.165) is 42.2 Å². The zero-order chi connectivity index (χ0) is 12.4. The Hall–Kier alpha value is -1.61. The monoisotopic (exact) mass is 243 g/mol. The van der Waals surface area contributed by atoms with E-state index in [0.29, 0.717) is 6.61 Å². The normalized spacial score (nSPS) is 18.1. The average Bonchev–Trinajstić information content (AvgIpc) is 2.84. The number of rotatable bonds is 3. The van der Waals surface area contributed by atoms with Gasteiger partial charge in [0.05, 0.1) is 5.60 Å². The van der Waals surface area contributed by atoms with Crippen LogP contribution < -0.4 is 4.74 Å². The third kappa shape index (κ3) is 2.18. The molecule has 1 aromatic carbocycles. The molecule has 1 saturated carbocycles. The van der Waals surface area contributed by atoms with E-state index in [1.165, 1.54) is 0 Å². The molecule has 18 heavy (non-hydrogen) atoms. The van der Waals surface area contributed by atoms with E-state index in [4.69, 9.17) is 4.74 Å². The van der Waals surface area contributed by atoms with Crippen molar-refractivity contribution in [1.82, 2.24) is 4.98 Å². The van der Waals surface area contributed by atoms with Crippen molar-refractivity contribution in [3.05, 3.63) is 36.7 Å². The number of fused-ring (bicyclic) bond motifs is 1. The van der Waals surface area contributed by atoms with Crippen molar-refractivity contribution in [3.8, 4) is 5.75 Å². The molecule has 0 spiro atoms. The number of ether oxygens (including phenoxy) is 1. The van der Waals surface area contributed by atoms with Gasteiger partial charge in [0.2, 0.25) is 0 Å². The van der Waals surface area contributed by atoms with E-state index < -0.39 is 5.60 Å². The third-order valence-corrected chi connectivity index (χ3v) is 3.67. The lowest BCUT2D eigenvalue weighted by molar-refractivity contribution is 0.00188. The van der Waals surface area contributed by atoms with Crippen molar-refractivity contribution in [2.45, 2.75) is 31.3 Å². The molecule has 0 amide bonds. The fourth-order valence-electron chi connectivity index (χ4n) is 2.61. The number of aliphatic hydroxyl groups is 1. The summed E-state index contributed by atoms with van der Waals surface area (Å²) in [6.07, 6.45) is 7.48. The molecule has 3 heteroatoms. The van der Waals surface area contributed by atoms with E-state index in [1.54, 1.807) is 6.20 Å². The van der Waals surface area contributed by atoms with Crippen LogP contribution in [-0.4, -0.2) is 22.3 Å². The van der Waals surface area contributed by atoms with E-state index >= 15 is 0 Å². The Kier molecular flexibility index (Phi) is 2.92. The van der Waals surface area contributed by atoms with Gasteiger partial charge in [0.1, 0.15) is 12.4 Å². The maximum atomic E-state index is 10.3. The number of nitrogens with zero attached hydrogens (tertiary/aromatic N) is 1. The molecule has 0 atom stereocenters. The Balaban J connectivity index is 1.82.